The molecular formula is C19H22Cl2N6O. The van der Waals surface area contributed by atoms with Gasteiger partial charge in [-0.1, -0.05) is 28.9 Å². The molecule has 1 aliphatic carbocycles. The zero-order chi connectivity index (χ0) is 18.9. The number of hydrogen-bond donors (Lipinski definition) is 2. The number of H-pyrrole nitrogens is 1. The van der Waals surface area contributed by atoms with E-state index in [4.69, 9.17) is 17.3 Å². The predicted octanol–water partition coefficient (Wildman–Crippen LogP) is 3.12. The first-order valence-corrected chi connectivity index (χ1v) is 9.42. The van der Waals surface area contributed by atoms with Gasteiger partial charge in [0.1, 0.15) is 11.4 Å². The van der Waals surface area contributed by atoms with Gasteiger partial charge in [-0.15, -0.1) is 17.5 Å². The van der Waals surface area contributed by atoms with E-state index in [0.717, 1.165) is 30.7 Å². The molecule has 0 radical (unpaired) electrons. The van der Waals surface area contributed by atoms with Crippen molar-refractivity contribution in [3.05, 3.63) is 63.5 Å². The molecule has 148 valence electrons. The van der Waals surface area contributed by atoms with E-state index < -0.39 is 0 Å². The summed E-state index contributed by atoms with van der Waals surface area (Å²) in [6.45, 7) is 0.557. The number of aromatic amines is 1. The molecule has 1 aliphatic rings. The van der Waals surface area contributed by atoms with Gasteiger partial charge in [-0.25, -0.2) is 4.68 Å². The zero-order valence-electron chi connectivity index (χ0n) is 15.2. The Hall–Kier alpha value is -2.22. The van der Waals surface area contributed by atoms with Gasteiger partial charge in [0.15, 0.2) is 0 Å². The standard InChI is InChI=1S/C19H21ClN6O.ClH/c20-14-3-1-2-13(10-14)19(12-21)8-6-15(7-9-19)26-18(27)5-4-16(24-26)17-11-22-25-23-17;/h1-5,10-11,15H,6-9,12,21H2,(H,22,23,25);1H/t15-,19+;. The van der Waals surface area contributed by atoms with E-state index in [9.17, 15) is 4.79 Å². The Morgan fingerprint density at radius 2 is 2.00 bits per heavy atom. The molecule has 0 unspecified atom stereocenters. The molecule has 3 aromatic rings. The van der Waals surface area contributed by atoms with Crippen molar-refractivity contribution in [3.63, 3.8) is 0 Å². The second-order valence-corrected chi connectivity index (χ2v) is 7.52. The van der Waals surface area contributed by atoms with E-state index >= 15 is 0 Å². The lowest BCUT2D eigenvalue weighted by atomic mass is 9.68. The highest BCUT2D eigenvalue weighted by Gasteiger charge is 2.37. The minimum atomic E-state index is -0.102. The lowest BCUT2D eigenvalue weighted by molar-refractivity contribution is 0.222. The average molecular weight is 421 g/mol. The molecule has 7 nitrogen and oxygen atoms in total. The molecule has 1 fully saturated rings. The van der Waals surface area contributed by atoms with Gasteiger partial charge in [-0.05, 0) is 49.4 Å². The second kappa shape index (κ2) is 8.43. The summed E-state index contributed by atoms with van der Waals surface area (Å²) in [6.07, 6.45) is 5.10. The van der Waals surface area contributed by atoms with Crippen LogP contribution in [0, 0.1) is 0 Å². The summed E-state index contributed by atoms with van der Waals surface area (Å²) in [7, 11) is 0. The molecule has 2 aromatic heterocycles. The van der Waals surface area contributed by atoms with Crippen LogP contribution in [-0.4, -0.2) is 31.7 Å². The topological polar surface area (TPSA) is 102 Å². The Bertz CT molecular complexity index is 980. The molecule has 2 heterocycles. The highest BCUT2D eigenvalue weighted by atomic mass is 35.5. The first-order chi connectivity index (χ1) is 13.1. The van der Waals surface area contributed by atoms with Crippen LogP contribution in [-0.2, 0) is 5.41 Å². The van der Waals surface area contributed by atoms with Crippen LogP contribution in [0.4, 0.5) is 0 Å². The van der Waals surface area contributed by atoms with Gasteiger partial charge in [0.2, 0.25) is 0 Å². The molecule has 9 heteroatoms. The maximum absolute atomic E-state index is 12.4. The Kier molecular flexibility index (Phi) is 6.17. The molecule has 3 N–H and O–H groups in total. The van der Waals surface area contributed by atoms with Crippen molar-refractivity contribution in [2.45, 2.75) is 37.1 Å². The zero-order valence-corrected chi connectivity index (χ0v) is 16.8. The summed E-state index contributed by atoms with van der Waals surface area (Å²) in [4.78, 5) is 12.4. The molecule has 1 saturated carbocycles. The summed E-state index contributed by atoms with van der Waals surface area (Å²) in [6, 6.07) is 11.2. The first kappa shape index (κ1) is 20.5. The maximum Gasteiger partial charge on any atom is 0.267 e. The van der Waals surface area contributed by atoms with Crippen molar-refractivity contribution < 1.29 is 0 Å². The number of nitrogens with one attached hydrogen (secondary N) is 1. The first-order valence-electron chi connectivity index (χ1n) is 9.04. The minimum Gasteiger partial charge on any atom is -0.330 e. The van der Waals surface area contributed by atoms with Crippen molar-refractivity contribution >= 4 is 24.0 Å². The van der Waals surface area contributed by atoms with Crippen LogP contribution in [0.5, 0.6) is 0 Å². The smallest absolute Gasteiger partial charge is 0.267 e. The number of hydrogen-bond acceptors (Lipinski definition) is 5. The minimum absolute atomic E-state index is 0. The third-order valence-electron chi connectivity index (χ3n) is 5.59. The van der Waals surface area contributed by atoms with Gasteiger partial charge < -0.3 is 5.73 Å². The summed E-state index contributed by atoms with van der Waals surface area (Å²) in [5.74, 6) is 0. The maximum atomic E-state index is 12.4. The van der Waals surface area contributed by atoms with E-state index in [1.807, 2.05) is 18.2 Å². The molecular weight excluding hydrogens is 399 g/mol. The van der Waals surface area contributed by atoms with Gasteiger partial charge in [-0.2, -0.15) is 5.10 Å². The SMILES string of the molecule is Cl.NC[C@]1(c2cccc(Cl)c2)CC[C@@H](n2nc(-c3c[nH]nn3)ccc2=O)CC1. The fourth-order valence-corrected chi connectivity index (χ4v) is 4.17. The molecule has 0 atom stereocenters. The van der Waals surface area contributed by atoms with Gasteiger partial charge in [0, 0.05) is 23.0 Å². The van der Waals surface area contributed by atoms with Gasteiger partial charge >= 0.3 is 0 Å². The molecule has 4 rings (SSSR count). The highest BCUT2D eigenvalue weighted by molar-refractivity contribution is 6.30. The van der Waals surface area contributed by atoms with Crippen LogP contribution < -0.4 is 11.3 Å². The van der Waals surface area contributed by atoms with Crippen LogP contribution in [0.1, 0.15) is 37.3 Å². The number of aromatic nitrogens is 5. The Labute approximate surface area is 173 Å². The van der Waals surface area contributed by atoms with Crippen molar-refractivity contribution in [3.8, 4) is 11.4 Å². The molecule has 1 aromatic carbocycles. The van der Waals surface area contributed by atoms with E-state index in [0.29, 0.717) is 17.9 Å². The Morgan fingerprint density at radius 3 is 2.64 bits per heavy atom. The number of halogens is 2. The van der Waals surface area contributed by atoms with Crippen LogP contribution in [0.2, 0.25) is 5.02 Å². The molecule has 0 spiro atoms. The second-order valence-electron chi connectivity index (χ2n) is 7.09. The summed E-state index contributed by atoms with van der Waals surface area (Å²) in [5.41, 5.74) is 8.40. The average Bonchev–Trinajstić information content (AvgIpc) is 3.23. The summed E-state index contributed by atoms with van der Waals surface area (Å²) >= 11 is 6.18. The van der Waals surface area contributed by atoms with Crippen molar-refractivity contribution in [1.82, 2.24) is 25.2 Å². The third-order valence-corrected chi connectivity index (χ3v) is 5.83. The Morgan fingerprint density at radius 1 is 1.21 bits per heavy atom. The molecule has 0 amide bonds. The largest absolute Gasteiger partial charge is 0.330 e. The summed E-state index contributed by atoms with van der Waals surface area (Å²) < 4.78 is 1.59. The van der Waals surface area contributed by atoms with E-state index in [-0.39, 0.29) is 29.4 Å². The lowest BCUT2D eigenvalue weighted by Gasteiger charge is -2.40. The number of rotatable bonds is 4. The number of benzene rings is 1. The Balaban J connectivity index is 0.00000225. The number of nitrogens with zero attached hydrogens (tertiary/aromatic N) is 4. The van der Waals surface area contributed by atoms with Gasteiger partial charge in [-0.3, -0.25) is 9.89 Å². The molecule has 0 saturated heterocycles. The molecule has 0 bridgehead atoms. The lowest BCUT2D eigenvalue weighted by Crippen LogP contribution is -2.41. The molecule has 28 heavy (non-hydrogen) atoms. The fourth-order valence-electron chi connectivity index (χ4n) is 3.98. The van der Waals surface area contributed by atoms with Crippen LogP contribution in [0.3, 0.4) is 0 Å². The van der Waals surface area contributed by atoms with E-state index in [1.54, 1.807) is 23.0 Å². The fraction of sp³-hybridized carbons (Fsp3) is 0.368. The van der Waals surface area contributed by atoms with Crippen molar-refractivity contribution in [2.75, 3.05) is 6.54 Å². The monoisotopic (exact) mass is 420 g/mol. The normalized spacial score (nSPS) is 21.9. The predicted molar refractivity (Wildman–Crippen MR) is 111 cm³/mol. The quantitative estimate of drug-likeness (QED) is 0.674. The third kappa shape index (κ3) is 3.83. The summed E-state index contributed by atoms with van der Waals surface area (Å²) in [5, 5.41) is 15.6. The van der Waals surface area contributed by atoms with Crippen LogP contribution in [0.25, 0.3) is 11.4 Å². The van der Waals surface area contributed by atoms with Crippen LogP contribution >= 0.6 is 24.0 Å². The number of nitrogens with two attached hydrogens (primary N) is 1. The van der Waals surface area contributed by atoms with Gasteiger partial charge in [0.05, 0.1) is 12.2 Å². The van der Waals surface area contributed by atoms with Crippen molar-refractivity contribution in [2.24, 2.45) is 5.73 Å². The van der Waals surface area contributed by atoms with Gasteiger partial charge in [0.25, 0.3) is 5.56 Å². The molecule has 0 aliphatic heterocycles. The van der Waals surface area contributed by atoms with E-state index in [1.165, 1.54) is 5.56 Å². The highest BCUT2D eigenvalue weighted by Crippen LogP contribution is 2.42. The van der Waals surface area contributed by atoms with Crippen molar-refractivity contribution in [1.29, 1.82) is 0 Å². The van der Waals surface area contributed by atoms with E-state index in [2.05, 4.69) is 26.6 Å². The van der Waals surface area contributed by atoms with Crippen LogP contribution in [0.15, 0.2) is 47.4 Å².